The Kier molecular flexibility index (Phi) is 3.66. The molecule has 0 amide bonds. The van der Waals surface area contributed by atoms with Gasteiger partial charge in [-0.3, -0.25) is 4.79 Å². The zero-order valence-corrected chi connectivity index (χ0v) is 12.8. The average Bonchev–Trinajstić information content (AvgIpc) is 2.25. The number of rotatable bonds is 2. The molecule has 2 aliphatic rings. The first-order chi connectivity index (χ1) is 9.18. The first kappa shape index (κ1) is 15.0. The maximum atomic E-state index is 12.5. The number of allylic oxidation sites excluding steroid dienone is 3. The molecule has 110 valence electrons. The molecule has 3 atom stereocenters. The van der Waals surface area contributed by atoms with Gasteiger partial charge in [0.15, 0.2) is 5.78 Å². The smallest absolute Gasteiger partial charge is 0.327 e. The molecular formula is C17H24O3. The zero-order chi connectivity index (χ0) is 15.1. The number of ketones is 1. The summed E-state index contributed by atoms with van der Waals surface area (Å²) < 4.78 is 0. The van der Waals surface area contributed by atoms with Crippen LogP contribution in [0.1, 0.15) is 47.0 Å². The summed E-state index contributed by atoms with van der Waals surface area (Å²) in [6.45, 7) is 8.43. The Morgan fingerprint density at radius 3 is 2.60 bits per heavy atom. The molecule has 0 saturated heterocycles. The highest BCUT2D eigenvalue weighted by atomic mass is 16.4. The molecule has 2 aliphatic carbocycles. The molecule has 1 saturated carbocycles. The first-order valence-corrected chi connectivity index (χ1v) is 7.32. The molecular weight excluding hydrogens is 252 g/mol. The maximum Gasteiger partial charge on any atom is 0.327 e. The second kappa shape index (κ2) is 4.87. The lowest BCUT2D eigenvalue weighted by Crippen LogP contribution is -2.52. The summed E-state index contributed by atoms with van der Waals surface area (Å²) in [5.74, 6) is -0.684. The summed E-state index contributed by atoms with van der Waals surface area (Å²) >= 11 is 0. The lowest BCUT2D eigenvalue weighted by Gasteiger charge is -2.55. The van der Waals surface area contributed by atoms with E-state index in [0.717, 1.165) is 24.8 Å². The largest absolute Gasteiger partial charge is 0.478 e. The average molecular weight is 276 g/mol. The van der Waals surface area contributed by atoms with Gasteiger partial charge in [0.25, 0.3) is 0 Å². The zero-order valence-electron chi connectivity index (χ0n) is 12.8. The molecule has 1 N–H and O–H groups in total. The molecule has 0 unspecified atom stereocenters. The van der Waals surface area contributed by atoms with Crippen molar-refractivity contribution in [1.82, 2.24) is 0 Å². The Hall–Kier alpha value is -1.38. The van der Waals surface area contributed by atoms with Gasteiger partial charge in [-0.15, -0.1) is 0 Å². The summed E-state index contributed by atoms with van der Waals surface area (Å²) in [6.07, 6.45) is 7.86. The summed E-state index contributed by atoms with van der Waals surface area (Å²) in [4.78, 5) is 23.4. The quantitative estimate of drug-likeness (QED) is 0.784. The highest BCUT2D eigenvalue weighted by Crippen LogP contribution is 2.58. The van der Waals surface area contributed by atoms with Crippen LogP contribution in [0, 0.1) is 22.7 Å². The minimum absolute atomic E-state index is 0.0173. The maximum absolute atomic E-state index is 12.5. The van der Waals surface area contributed by atoms with E-state index < -0.39 is 5.97 Å². The minimum Gasteiger partial charge on any atom is -0.478 e. The van der Waals surface area contributed by atoms with Crippen LogP contribution in [0.4, 0.5) is 0 Å². The van der Waals surface area contributed by atoms with Gasteiger partial charge < -0.3 is 5.11 Å². The van der Waals surface area contributed by atoms with Crippen LogP contribution in [0.2, 0.25) is 0 Å². The van der Waals surface area contributed by atoms with Crippen molar-refractivity contribution < 1.29 is 14.7 Å². The molecule has 0 aromatic rings. The lowest BCUT2D eigenvalue weighted by atomic mass is 9.48. The van der Waals surface area contributed by atoms with Crippen molar-refractivity contribution in [3.8, 4) is 0 Å². The van der Waals surface area contributed by atoms with Crippen LogP contribution in [-0.2, 0) is 9.59 Å². The molecule has 0 radical (unpaired) electrons. The Labute approximate surface area is 120 Å². The van der Waals surface area contributed by atoms with Gasteiger partial charge in [-0.2, -0.15) is 0 Å². The van der Waals surface area contributed by atoms with E-state index in [0.29, 0.717) is 0 Å². The van der Waals surface area contributed by atoms with Gasteiger partial charge in [0.1, 0.15) is 0 Å². The van der Waals surface area contributed by atoms with Crippen molar-refractivity contribution in [3.05, 3.63) is 23.8 Å². The van der Waals surface area contributed by atoms with Gasteiger partial charge in [-0.25, -0.2) is 4.79 Å². The molecule has 1 fully saturated rings. The number of carbonyl (C=O) groups excluding carboxylic acids is 1. The van der Waals surface area contributed by atoms with Gasteiger partial charge in [-0.1, -0.05) is 38.8 Å². The van der Waals surface area contributed by atoms with E-state index in [9.17, 15) is 9.59 Å². The number of fused-ring (bicyclic) bond motifs is 1. The third-order valence-corrected chi connectivity index (χ3v) is 5.26. The molecule has 2 rings (SSSR count). The Bertz CT molecular complexity index is 498. The highest BCUT2D eigenvalue weighted by molar-refractivity contribution is 5.95. The van der Waals surface area contributed by atoms with E-state index in [-0.39, 0.29) is 28.4 Å². The van der Waals surface area contributed by atoms with E-state index in [4.69, 9.17) is 5.11 Å². The number of aliphatic carboxylic acids is 1. The van der Waals surface area contributed by atoms with Gasteiger partial charge >= 0.3 is 5.97 Å². The van der Waals surface area contributed by atoms with Crippen LogP contribution in [0.25, 0.3) is 0 Å². The molecule has 3 heteroatoms. The number of carboxylic acid groups (broad SMARTS) is 1. The second-order valence-corrected chi connectivity index (χ2v) is 7.25. The summed E-state index contributed by atoms with van der Waals surface area (Å²) in [5, 5.41) is 8.89. The van der Waals surface area contributed by atoms with Gasteiger partial charge in [-0.05, 0) is 36.7 Å². The molecule has 20 heavy (non-hydrogen) atoms. The molecule has 0 aromatic carbocycles. The van der Waals surface area contributed by atoms with Crippen LogP contribution in [-0.4, -0.2) is 16.9 Å². The summed E-state index contributed by atoms with van der Waals surface area (Å²) in [7, 11) is 0. The van der Waals surface area contributed by atoms with Crippen LogP contribution in [0.15, 0.2) is 23.8 Å². The van der Waals surface area contributed by atoms with E-state index in [1.807, 2.05) is 6.92 Å². The van der Waals surface area contributed by atoms with E-state index >= 15 is 0 Å². The van der Waals surface area contributed by atoms with E-state index in [1.165, 1.54) is 6.08 Å². The Morgan fingerprint density at radius 2 is 2.00 bits per heavy atom. The van der Waals surface area contributed by atoms with E-state index in [2.05, 4.69) is 20.8 Å². The van der Waals surface area contributed by atoms with Crippen LogP contribution in [0.5, 0.6) is 0 Å². The topological polar surface area (TPSA) is 54.4 Å². The van der Waals surface area contributed by atoms with Crippen LogP contribution >= 0.6 is 0 Å². The number of hydrogen-bond donors (Lipinski definition) is 1. The Morgan fingerprint density at radius 1 is 1.35 bits per heavy atom. The second-order valence-electron chi connectivity index (χ2n) is 7.25. The first-order valence-electron chi connectivity index (χ1n) is 7.32. The van der Waals surface area contributed by atoms with Crippen molar-refractivity contribution in [3.63, 3.8) is 0 Å². The predicted octanol–water partition coefficient (Wildman–Crippen LogP) is 3.61. The van der Waals surface area contributed by atoms with Gasteiger partial charge in [0.2, 0.25) is 0 Å². The van der Waals surface area contributed by atoms with E-state index in [1.54, 1.807) is 12.2 Å². The Balaban J connectivity index is 2.50. The summed E-state index contributed by atoms with van der Waals surface area (Å²) in [6, 6.07) is 0. The molecule has 0 bridgehead atoms. The SMILES string of the molecule is CC1=CC(=O)[C@H]2C(C)(C)CCC[C@]2(C)[C@H]1/C=C/C(=O)O. The predicted molar refractivity (Wildman–Crippen MR) is 78.3 cm³/mol. The molecule has 0 aliphatic heterocycles. The molecule has 3 nitrogen and oxygen atoms in total. The van der Waals surface area contributed by atoms with Crippen molar-refractivity contribution in [1.29, 1.82) is 0 Å². The van der Waals surface area contributed by atoms with Crippen molar-refractivity contribution in [2.75, 3.05) is 0 Å². The van der Waals surface area contributed by atoms with Gasteiger partial charge in [0.05, 0.1) is 0 Å². The fourth-order valence-electron chi connectivity index (χ4n) is 4.62. The molecule has 0 aromatic heterocycles. The molecule has 0 spiro atoms. The van der Waals surface area contributed by atoms with Crippen molar-refractivity contribution >= 4 is 11.8 Å². The molecule has 0 heterocycles. The normalized spacial score (nSPS) is 36.6. The van der Waals surface area contributed by atoms with Gasteiger partial charge in [0, 0.05) is 17.9 Å². The number of carbonyl (C=O) groups is 2. The summed E-state index contributed by atoms with van der Waals surface area (Å²) in [5.41, 5.74) is 0.809. The highest BCUT2D eigenvalue weighted by Gasteiger charge is 2.54. The van der Waals surface area contributed by atoms with Crippen molar-refractivity contribution in [2.24, 2.45) is 22.7 Å². The number of carboxylic acids is 1. The monoisotopic (exact) mass is 276 g/mol. The fraction of sp³-hybridized carbons (Fsp3) is 0.647. The fourth-order valence-corrected chi connectivity index (χ4v) is 4.62. The minimum atomic E-state index is -0.926. The van der Waals surface area contributed by atoms with Crippen molar-refractivity contribution in [2.45, 2.75) is 47.0 Å². The van der Waals surface area contributed by atoms with Crippen LogP contribution < -0.4 is 0 Å². The third-order valence-electron chi connectivity index (χ3n) is 5.26. The number of hydrogen-bond acceptors (Lipinski definition) is 2. The standard InChI is InChI=1S/C17H24O3/c1-11-10-13(18)15-16(2,3)8-5-9-17(15,4)12(11)6-7-14(19)20/h6-7,10,12,15H,5,8-9H2,1-4H3,(H,19,20)/b7-6+/t12-,15-,17+/m0/s1. The lowest BCUT2D eigenvalue weighted by molar-refractivity contribution is -0.134. The third kappa shape index (κ3) is 2.34. The van der Waals surface area contributed by atoms with Crippen LogP contribution in [0.3, 0.4) is 0 Å².